The lowest BCUT2D eigenvalue weighted by Crippen LogP contribution is -2.36. The number of anilines is 1. The van der Waals surface area contributed by atoms with Crippen molar-refractivity contribution >= 4 is 11.7 Å². The minimum absolute atomic E-state index is 0.154. The van der Waals surface area contributed by atoms with Crippen LogP contribution >= 0.6 is 0 Å². The summed E-state index contributed by atoms with van der Waals surface area (Å²) >= 11 is 0. The molecule has 0 aliphatic heterocycles. The molecule has 2 rings (SSSR count). The fraction of sp³-hybridized carbons (Fsp3) is 0.312. The SMILES string of the molecule is COCCN(Cc1ccoc1)C(=O)Nc1cccc(C)c1. The van der Waals surface area contributed by atoms with Crippen LogP contribution in [-0.2, 0) is 11.3 Å². The number of ether oxygens (including phenoxy) is 1. The molecule has 1 N–H and O–H groups in total. The number of aryl methyl sites for hydroxylation is 1. The fourth-order valence-corrected chi connectivity index (χ4v) is 1.98. The molecule has 0 saturated heterocycles. The Morgan fingerprint density at radius 3 is 2.90 bits per heavy atom. The van der Waals surface area contributed by atoms with Gasteiger partial charge in [-0.1, -0.05) is 12.1 Å². The third kappa shape index (κ3) is 4.65. The van der Waals surface area contributed by atoms with Crippen LogP contribution in [0.4, 0.5) is 10.5 Å². The van der Waals surface area contributed by atoms with E-state index in [1.807, 2.05) is 37.3 Å². The van der Waals surface area contributed by atoms with Gasteiger partial charge in [0, 0.05) is 24.9 Å². The van der Waals surface area contributed by atoms with Crippen LogP contribution in [0.2, 0.25) is 0 Å². The Morgan fingerprint density at radius 1 is 1.38 bits per heavy atom. The van der Waals surface area contributed by atoms with E-state index in [4.69, 9.17) is 9.15 Å². The van der Waals surface area contributed by atoms with Crippen LogP contribution in [0.15, 0.2) is 47.3 Å². The summed E-state index contributed by atoms with van der Waals surface area (Å²) < 4.78 is 10.1. The number of hydrogen-bond donors (Lipinski definition) is 1. The summed E-state index contributed by atoms with van der Waals surface area (Å²) in [6.45, 7) is 3.47. The summed E-state index contributed by atoms with van der Waals surface area (Å²) in [5.74, 6) is 0. The zero-order valence-corrected chi connectivity index (χ0v) is 12.3. The average molecular weight is 288 g/mol. The molecule has 5 heteroatoms. The van der Waals surface area contributed by atoms with Crippen molar-refractivity contribution in [2.75, 3.05) is 25.6 Å². The Morgan fingerprint density at radius 2 is 2.24 bits per heavy atom. The second-order valence-corrected chi connectivity index (χ2v) is 4.85. The molecule has 1 aromatic heterocycles. The summed E-state index contributed by atoms with van der Waals surface area (Å²) in [5, 5.41) is 2.90. The number of hydrogen-bond acceptors (Lipinski definition) is 3. The first-order valence-corrected chi connectivity index (χ1v) is 6.81. The van der Waals surface area contributed by atoms with Gasteiger partial charge in [-0.15, -0.1) is 0 Å². The largest absolute Gasteiger partial charge is 0.472 e. The monoisotopic (exact) mass is 288 g/mol. The Kier molecular flexibility index (Phi) is 5.40. The summed E-state index contributed by atoms with van der Waals surface area (Å²) in [7, 11) is 1.62. The molecule has 0 radical (unpaired) electrons. The first kappa shape index (κ1) is 15.1. The van der Waals surface area contributed by atoms with E-state index >= 15 is 0 Å². The molecule has 1 aromatic carbocycles. The van der Waals surface area contributed by atoms with Crippen LogP contribution in [0, 0.1) is 6.92 Å². The molecule has 1 heterocycles. The van der Waals surface area contributed by atoms with Gasteiger partial charge in [0.1, 0.15) is 0 Å². The maximum Gasteiger partial charge on any atom is 0.322 e. The lowest BCUT2D eigenvalue weighted by atomic mass is 10.2. The molecule has 0 spiro atoms. The number of nitrogens with zero attached hydrogens (tertiary/aromatic N) is 1. The van der Waals surface area contributed by atoms with Gasteiger partial charge in [-0.25, -0.2) is 4.79 Å². The molecule has 0 saturated carbocycles. The zero-order chi connectivity index (χ0) is 15.1. The molecule has 0 fully saturated rings. The third-order valence-corrected chi connectivity index (χ3v) is 3.08. The highest BCUT2D eigenvalue weighted by Crippen LogP contribution is 2.12. The van der Waals surface area contributed by atoms with Gasteiger partial charge in [-0.05, 0) is 30.7 Å². The van der Waals surface area contributed by atoms with Gasteiger partial charge in [0.25, 0.3) is 0 Å². The molecule has 112 valence electrons. The average Bonchev–Trinajstić information content (AvgIpc) is 2.96. The molecular formula is C16H20N2O3. The number of methoxy groups -OCH3 is 1. The molecular weight excluding hydrogens is 268 g/mol. The molecule has 0 aliphatic carbocycles. The summed E-state index contributed by atoms with van der Waals surface area (Å²) in [4.78, 5) is 14.1. The fourth-order valence-electron chi connectivity index (χ4n) is 1.98. The standard InChI is InChI=1S/C16H20N2O3/c1-13-4-3-5-15(10-13)17-16(19)18(7-9-20-2)11-14-6-8-21-12-14/h3-6,8,10,12H,7,9,11H2,1-2H3,(H,17,19). The van der Waals surface area contributed by atoms with Crippen molar-refractivity contribution in [3.63, 3.8) is 0 Å². The van der Waals surface area contributed by atoms with Crippen LogP contribution in [-0.4, -0.2) is 31.2 Å². The van der Waals surface area contributed by atoms with E-state index in [2.05, 4.69) is 5.32 Å². The predicted octanol–water partition coefficient (Wildman–Crippen LogP) is 3.27. The quantitative estimate of drug-likeness (QED) is 0.887. The first-order chi connectivity index (χ1) is 10.2. The number of urea groups is 1. The number of carbonyl (C=O) groups is 1. The minimum Gasteiger partial charge on any atom is -0.472 e. The third-order valence-electron chi connectivity index (χ3n) is 3.08. The number of rotatable bonds is 6. The summed E-state index contributed by atoms with van der Waals surface area (Å²) in [6, 6.07) is 9.41. The van der Waals surface area contributed by atoms with Gasteiger partial charge in [-0.3, -0.25) is 0 Å². The van der Waals surface area contributed by atoms with E-state index in [-0.39, 0.29) is 6.03 Å². The van der Waals surface area contributed by atoms with Crippen LogP contribution in [0.5, 0.6) is 0 Å². The first-order valence-electron chi connectivity index (χ1n) is 6.81. The molecule has 5 nitrogen and oxygen atoms in total. The molecule has 2 amide bonds. The van der Waals surface area contributed by atoms with Crippen LogP contribution in [0.25, 0.3) is 0 Å². The molecule has 0 bridgehead atoms. The van der Waals surface area contributed by atoms with Gasteiger partial charge < -0.3 is 19.4 Å². The van der Waals surface area contributed by atoms with E-state index in [9.17, 15) is 4.79 Å². The van der Waals surface area contributed by atoms with Gasteiger partial charge in [0.15, 0.2) is 0 Å². The highest BCUT2D eigenvalue weighted by atomic mass is 16.5. The van der Waals surface area contributed by atoms with Crippen molar-refractivity contribution < 1.29 is 13.9 Å². The second kappa shape index (κ2) is 7.50. The van der Waals surface area contributed by atoms with Gasteiger partial charge in [-0.2, -0.15) is 0 Å². The van der Waals surface area contributed by atoms with Gasteiger partial charge in [0.2, 0.25) is 0 Å². The van der Waals surface area contributed by atoms with Crippen molar-refractivity contribution in [3.05, 3.63) is 54.0 Å². The van der Waals surface area contributed by atoms with E-state index in [1.165, 1.54) is 0 Å². The Labute approximate surface area is 124 Å². The molecule has 0 aliphatic rings. The summed E-state index contributed by atoms with van der Waals surface area (Å²) in [6.07, 6.45) is 3.24. The summed E-state index contributed by atoms with van der Waals surface area (Å²) in [5.41, 5.74) is 2.84. The Bertz CT molecular complexity index is 567. The topological polar surface area (TPSA) is 54.7 Å². The highest BCUT2D eigenvalue weighted by molar-refractivity contribution is 5.89. The normalized spacial score (nSPS) is 10.4. The van der Waals surface area contributed by atoms with E-state index < -0.39 is 0 Å². The van der Waals surface area contributed by atoms with Crippen LogP contribution in [0.3, 0.4) is 0 Å². The van der Waals surface area contributed by atoms with Crippen molar-refractivity contribution in [2.45, 2.75) is 13.5 Å². The van der Waals surface area contributed by atoms with E-state index in [0.717, 1.165) is 16.8 Å². The number of amides is 2. The predicted molar refractivity (Wildman–Crippen MR) is 81.2 cm³/mol. The Balaban J connectivity index is 2.02. The number of benzene rings is 1. The van der Waals surface area contributed by atoms with Gasteiger partial charge >= 0.3 is 6.03 Å². The number of furan rings is 1. The van der Waals surface area contributed by atoms with Crippen molar-refractivity contribution in [1.29, 1.82) is 0 Å². The number of carbonyl (C=O) groups excluding carboxylic acids is 1. The maximum absolute atomic E-state index is 12.4. The lowest BCUT2D eigenvalue weighted by molar-refractivity contribution is 0.152. The van der Waals surface area contributed by atoms with E-state index in [0.29, 0.717) is 19.7 Å². The highest BCUT2D eigenvalue weighted by Gasteiger charge is 2.14. The minimum atomic E-state index is -0.154. The molecule has 0 unspecified atom stereocenters. The van der Waals surface area contributed by atoms with Crippen molar-refractivity contribution in [3.8, 4) is 0 Å². The molecule has 0 atom stereocenters. The smallest absolute Gasteiger partial charge is 0.322 e. The van der Waals surface area contributed by atoms with Crippen molar-refractivity contribution in [1.82, 2.24) is 4.90 Å². The zero-order valence-electron chi connectivity index (χ0n) is 12.3. The lowest BCUT2D eigenvalue weighted by Gasteiger charge is -2.22. The number of nitrogens with one attached hydrogen (secondary N) is 1. The van der Waals surface area contributed by atoms with Gasteiger partial charge in [0.05, 0.1) is 25.7 Å². The molecule has 2 aromatic rings. The van der Waals surface area contributed by atoms with Crippen LogP contribution in [0.1, 0.15) is 11.1 Å². The molecule has 21 heavy (non-hydrogen) atoms. The van der Waals surface area contributed by atoms with Crippen LogP contribution < -0.4 is 5.32 Å². The Hall–Kier alpha value is -2.27. The van der Waals surface area contributed by atoms with Crippen molar-refractivity contribution in [2.24, 2.45) is 0 Å². The second-order valence-electron chi connectivity index (χ2n) is 4.85. The van der Waals surface area contributed by atoms with E-state index in [1.54, 1.807) is 24.5 Å². The maximum atomic E-state index is 12.4.